The van der Waals surface area contributed by atoms with E-state index in [9.17, 15) is 4.79 Å². The Balaban J connectivity index is 1.49. The van der Waals surface area contributed by atoms with Crippen molar-refractivity contribution in [3.05, 3.63) is 59.0 Å². The molecule has 1 aliphatic heterocycles. The molecule has 122 valence electrons. The fourth-order valence-electron chi connectivity index (χ4n) is 3.20. The van der Waals surface area contributed by atoms with Gasteiger partial charge in [-0.3, -0.25) is 9.69 Å². The molecule has 0 unspecified atom stereocenters. The molecule has 0 bridgehead atoms. The molecule has 2 aromatic rings. The number of nitrogens with one attached hydrogen (secondary N) is 1. The van der Waals surface area contributed by atoms with Crippen LogP contribution >= 0.6 is 0 Å². The minimum absolute atomic E-state index is 0.0131. The third kappa shape index (κ3) is 4.02. The number of furan rings is 1. The summed E-state index contributed by atoms with van der Waals surface area (Å²) in [6.07, 6.45) is 1.99. The largest absolute Gasteiger partial charge is 0.466 e. The Bertz CT molecular complexity index is 655. The normalized spacial score (nSPS) is 16.4. The van der Waals surface area contributed by atoms with Gasteiger partial charge in [-0.05, 0) is 38.3 Å². The zero-order valence-electron chi connectivity index (χ0n) is 13.8. The Hall–Kier alpha value is -2.07. The zero-order valence-corrected chi connectivity index (χ0v) is 13.8. The molecule has 2 heterocycles. The molecular weight excluding hydrogens is 288 g/mol. The second-order valence-electron chi connectivity index (χ2n) is 6.34. The van der Waals surface area contributed by atoms with E-state index < -0.39 is 0 Å². The van der Waals surface area contributed by atoms with Gasteiger partial charge in [-0.25, -0.2) is 0 Å². The standard InChI is InChI=1S/C19H24N2O2/c1-14-12-18(15(2)23-14)19(22)20-17-8-10-21(11-9-17)13-16-6-4-3-5-7-16/h3-7,12,17H,8-11,13H2,1-2H3,(H,20,22). The molecule has 1 amide bonds. The van der Waals surface area contributed by atoms with Crippen LogP contribution in [0.2, 0.25) is 0 Å². The van der Waals surface area contributed by atoms with Gasteiger partial charge in [-0.2, -0.15) is 0 Å². The Morgan fingerprint density at radius 1 is 1.22 bits per heavy atom. The average molecular weight is 312 g/mol. The van der Waals surface area contributed by atoms with Crippen LogP contribution in [0.5, 0.6) is 0 Å². The number of carbonyl (C=O) groups excluding carboxylic acids is 1. The van der Waals surface area contributed by atoms with Gasteiger partial charge in [0.1, 0.15) is 11.5 Å². The molecule has 3 rings (SSSR count). The number of aryl methyl sites for hydroxylation is 2. The predicted molar refractivity (Wildman–Crippen MR) is 90.4 cm³/mol. The van der Waals surface area contributed by atoms with Crippen LogP contribution in [0.3, 0.4) is 0 Å². The van der Waals surface area contributed by atoms with Crippen LogP contribution in [0.1, 0.15) is 40.3 Å². The molecule has 0 saturated carbocycles. The highest BCUT2D eigenvalue weighted by atomic mass is 16.3. The van der Waals surface area contributed by atoms with E-state index in [2.05, 4.69) is 34.5 Å². The molecular formula is C19H24N2O2. The van der Waals surface area contributed by atoms with Crippen molar-refractivity contribution in [2.24, 2.45) is 0 Å². The van der Waals surface area contributed by atoms with Gasteiger partial charge >= 0.3 is 0 Å². The molecule has 0 radical (unpaired) electrons. The topological polar surface area (TPSA) is 45.5 Å². The monoisotopic (exact) mass is 312 g/mol. The van der Waals surface area contributed by atoms with Crippen LogP contribution in [0.15, 0.2) is 40.8 Å². The summed E-state index contributed by atoms with van der Waals surface area (Å²) in [5.41, 5.74) is 2.01. The highest BCUT2D eigenvalue weighted by Gasteiger charge is 2.22. The van der Waals surface area contributed by atoms with Crippen molar-refractivity contribution in [3.63, 3.8) is 0 Å². The third-order valence-corrected chi connectivity index (χ3v) is 4.46. The molecule has 1 saturated heterocycles. The molecule has 23 heavy (non-hydrogen) atoms. The van der Waals surface area contributed by atoms with Crippen molar-refractivity contribution in [3.8, 4) is 0 Å². The van der Waals surface area contributed by atoms with Crippen molar-refractivity contribution < 1.29 is 9.21 Å². The maximum atomic E-state index is 12.3. The molecule has 1 aliphatic rings. The zero-order chi connectivity index (χ0) is 16.2. The van der Waals surface area contributed by atoms with Crippen LogP contribution in [-0.4, -0.2) is 29.9 Å². The Kier molecular flexibility index (Phi) is 4.82. The van der Waals surface area contributed by atoms with E-state index in [1.165, 1.54) is 5.56 Å². The lowest BCUT2D eigenvalue weighted by Gasteiger charge is -2.32. The van der Waals surface area contributed by atoms with Crippen LogP contribution in [-0.2, 0) is 6.54 Å². The van der Waals surface area contributed by atoms with Gasteiger partial charge in [0.2, 0.25) is 0 Å². The number of amides is 1. The second-order valence-corrected chi connectivity index (χ2v) is 6.34. The van der Waals surface area contributed by atoms with E-state index in [1.807, 2.05) is 26.0 Å². The number of nitrogens with zero attached hydrogens (tertiary/aromatic N) is 1. The summed E-state index contributed by atoms with van der Waals surface area (Å²) in [6.45, 7) is 6.73. The summed E-state index contributed by atoms with van der Waals surface area (Å²) >= 11 is 0. The number of hydrogen-bond donors (Lipinski definition) is 1. The van der Waals surface area contributed by atoms with Gasteiger partial charge in [0.05, 0.1) is 5.56 Å². The summed E-state index contributed by atoms with van der Waals surface area (Å²) in [6, 6.07) is 12.6. The Morgan fingerprint density at radius 3 is 2.52 bits per heavy atom. The predicted octanol–water partition coefficient (Wildman–Crippen LogP) is 3.29. The van der Waals surface area contributed by atoms with Gasteiger partial charge < -0.3 is 9.73 Å². The lowest BCUT2D eigenvalue weighted by atomic mass is 10.0. The van der Waals surface area contributed by atoms with E-state index in [0.717, 1.165) is 38.2 Å². The van der Waals surface area contributed by atoms with Crippen LogP contribution in [0.25, 0.3) is 0 Å². The minimum atomic E-state index is -0.0131. The van der Waals surface area contributed by atoms with Crippen LogP contribution < -0.4 is 5.32 Å². The van der Waals surface area contributed by atoms with E-state index in [1.54, 1.807) is 0 Å². The lowest BCUT2D eigenvalue weighted by Crippen LogP contribution is -2.44. The Morgan fingerprint density at radius 2 is 1.91 bits per heavy atom. The number of rotatable bonds is 4. The highest BCUT2D eigenvalue weighted by Crippen LogP contribution is 2.17. The van der Waals surface area contributed by atoms with Crippen LogP contribution in [0, 0.1) is 13.8 Å². The van der Waals surface area contributed by atoms with Crippen molar-refractivity contribution >= 4 is 5.91 Å². The molecule has 0 spiro atoms. The van der Waals surface area contributed by atoms with E-state index in [-0.39, 0.29) is 11.9 Å². The summed E-state index contributed by atoms with van der Waals surface area (Å²) in [5, 5.41) is 3.15. The van der Waals surface area contributed by atoms with E-state index in [4.69, 9.17) is 4.42 Å². The van der Waals surface area contributed by atoms with Gasteiger partial charge in [0.25, 0.3) is 5.91 Å². The SMILES string of the molecule is Cc1cc(C(=O)NC2CCN(Cc3ccccc3)CC2)c(C)o1. The minimum Gasteiger partial charge on any atom is -0.466 e. The van der Waals surface area contributed by atoms with Gasteiger partial charge in [0.15, 0.2) is 0 Å². The maximum absolute atomic E-state index is 12.3. The van der Waals surface area contributed by atoms with Crippen molar-refractivity contribution in [2.75, 3.05) is 13.1 Å². The molecule has 4 heteroatoms. The summed E-state index contributed by atoms with van der Waals surface area (Å²) in [7, 11) is 0. The van der Waals surface area contributed by atoms with E-state index in [0.29, 0.717) is 11.3 Å². The smallest absolute Gasteiger partial charge is 0.255 e. The van der Waals surface area contributed by atoms with Gasteiger partial charge in [-0.15, -0.1) is 0 Å². The number of carbonyl (C=O) groups is 1. The fourth-order valence-corrected chi connectivity index (χ4v) is 3.20. The number of hydrogen-bond acceptors (Lipinski definition) is 3. The van der Waals surface area contributed by atoms with Gasteiger partial charge in [-0.1, -0.05) is 30.3 Å². The third-order valence-electron chi connectivity index (χ3n) is 4.46. The molecule has 1 aromatic heterocycles. The Labute approximate surface area is 137 Å². The molecule has 1 fully saturated rings. The van der Waals surface area contributed by atoms with Crippen molar-refractivity contribution in [1.29, 1.82) is 0 Å². The highest BCUT2D eigenvalue weighted by molar-refractivity contribution is 5.95. The lowest BCUT2D eigenvalue weighted by molar-refractivity contribution is 0.0907. The van der Waals surface area contributed by atoms with Crippen molar-refractivity contribution in [2.45, 2.75) is 39.3 Å². The summed E-state index contributed by atoms with van der Waals surface area (Å²) in [5.74, 6) is 1.47. The molecule has 0 atom stereocenters. The molecule has 4 nitrogen and oxygen atoms in total. The number of likely N-dealkylation sites (tertiary alicyclic amines) is 1. The first-order chi connectivity index (χ1) is 11.1. The first-order valence-electron chi connectivity index (χ1n) is 8.26. The quantitative estimate of drug-likeness (QED) is 0.942. The number of piperidine rings is 1. The fraction of sp³-hybridized carbons (Fsp3) is 0.421. The van der Waals surface area contributed by atoms with Crippen molar-refractivity contribution in [1.82, 2.24) is 10.2 Å². The first-order valence-corrected chi connectivity index (χ1v) is 8.26. The molecule has 1 aromatic carbocycles. The van der Waals surface area contributed by atoms with Gasteiger partial charge in [0, 0.05) is 25.7 Å². The molecule has 1 N–H and O–H groups in total. The first kappa shape index (κ1) is 15.8. The number of benzene rings is 1. The van der Waals surface area contributed by atoms with Crippen LogP contribution in [0.4, 0.5) is 0 Å². The average Bonchev–Trinajstić information content (AvgIpc) is 2.89. The summed E-state index contributed by atoms with van der Waals surface area (Å²) in [4.78, 5) is 14.8. The maximum Gasteiger partial charge on any atom is 0.255 e. The van der Waals surface area contributed by atoms with E-state index >= 15 is 0 Å². The summed E-state index contributed by atoms with van der Waals surface area (Å²) < 4.78 is 5.44. The second kappa shape index (κ2) is 7.01. The molecule has 0 aliphatic carbocycles.